The number of carbonyl (C=O) groups excluding carboxylic acids is 1. The van der Waals surface area contributed by atoms with Crippen LogP contribution in [0.1, 0.15) is 25.5 Å². The van der Waals surface area contributed by atoms with Crippen LogP contribution in [0.25, 0.3) is 0 Å². The third-order valence-corrected chi connectivity index (χ3v) is 3.16. The predicted octanol–water partition coefficient (Wildman–Crippen LogP) is 2.24. The second kappa shape index (κ2) is 7.20. The van der Waals surface area contributed by atoms with Crippen molar-refractivity contribution in [3.05, 3.63) is 34.3 Å². The molecule has 1 unspecified atom stereocenters. The lowest BCUT2D eigenvalue weighted by molar-refractivity contribution is -0.122. The van der Waals surface area contributed by atoms with E-state index in [0.717, 1.165) is 10.0 Å². The molecular weight excluding hydrogens is 292 g/mol. The summed E-state index contributed by atoms with van der Waals surface area (Å²) in [7, 11) is 0. The zero-order chi connectivity index (χ0) is 13.5. The number of amides is 1. The van der Waals surface area contributed by atoms with Gasteiger partial charge in [-0.2, -0.15) is 0 Å². The van der Waals surface area contributed by atoms with Gasteiger partial charge in [0.1, 0.15) is 0 Å². The topological polar surface area (TPSA) is 41.1 Å². The van der Waals surface area contributed by atoms with Crippen molar-refractivity contribution in [1.82, 2.24) is 10.6 Å². The molecule has 0 aliphatic rings. The van der Waals surface area contributed by atoms with Crippen LogP contribution in [-0.4, -0.2) is 18.5 Å². The lowest BCUT2D eigenvalue weighted by Gasteiger charge is -2.19. The number of hydrogen-bond acceptors (Lipinski definition) is 2. The van der Waals surface area contributed by atoms with Gasteiger partial charge in [0.2, 0.25) is 5.91 Å². The van der Waals surface area contributed by atoms with E-state index in [1.165, 1.54) is 0 Å². The summed E-state index contributed by atoms with van der Waals surface area (Å²) >= 11 is 3.39. The number of nitrogens with one attached hydrogen (secondary N) is 2. The zero-order valence-corrected chi connectivity index (χ0v) is 12.1. The molecule has 2 atom stereocenters. The lowest BCUT2D eigenvalue weighted by Crippen LogP contribution is -2.43. The Morgan fingerprint density at radius 1 is 1.39 bits per heavy atom. The molecule has 0 saturated carbocycles. The van der Waals surface area contributed by atoms with Gasteiger partial charge in [-0.15, -0.1) is 6.42 Å². The highest BCUT2D eigenvalue weighted by atomic mass is 79.9. The quantitative estimate of drug-likeness (QED) is 0.819. The summed E-state index contributed by atoms with van der Waals surface area (Å²) in [6, 6.07) is 7.83. The molecule has 96 valence electrons. The molecule has 0 aliphatic carbocycles. The summed E-state index contributed by atoms with van der Waals surface area (Å²) < 4.78 is 1.04. The SMILES string of the molecule is C#CCNC(=O)C(C)N[C@@H](C)c1ccc(Br)cc1. The molecule has 18 heavy (non-hydrogen) atoms. The summed E-state index contributed by atoms with van der Waals surface area (Å²) in [6.07, 6.45) is 5.09. The van der Waals surface area contributed by atoms with Gasteiger partial charge in [0, 0.05) is 10.5 Å². The summed E-state index contributed by atoms with van der Waals surface area (Å²) in [5.74, 6) is 2.29. The molecule has 0 spiro atoms. The van der Waals surface area contributed by atoms with Gasteiger partial charge in [-0.1, -0.05) is 34.0 Å². The van der Waals surface area contributed by atoms with E-state index in [1.54, 1.807) is 0 Å². The van der Waals surface area contributed by atoms with Crippen LogP contribution >= 0.6 is 15.9 Å². The summed E-state index contributed by atoms with van der Waals surface area (Å²) in [4.78, 5) is 11.6. The van der Waals surface area contributed by atoms with E-state index in [4.69, 9.17) is 6.42 Å². The van der Waals surface area contributed by atoms with Crippen LogP contribution in [0.3, 0.4) is 0 Å². The summed E-state index contributed by atoms with van der Waals surface area (Å²) in [6.45, 7) is 4.10. The first-order chi connectivity index (χ1) is 8.54. The van der Waals surface area contributed by atoms with Crippen molar-refractivity contribution in [2.45, 2.75) is 25.9 Å². The molecule has 0 aliphatic heterocycles. The molecule has 0 bridgehead atoms. The van der Waals surface area contributed by atoms with Crippen LogP contribution in [-0.2, 0) is 4.79 Å². The van der Waals surface area contributed by atoms with Crippen LogP contribution in [0.15, 0.2) is 28.7 Å². The van der Waals surface area contributed by atoms with Crippen LogP contribution in [0.4, 0.5) is 0 Å². The number of carbonyl (C=O) groups is 1. The fourth-order valence-electron chi connectivity index (χ4n) is 1.59. The van der Waals surface area contributed by atoms with Gasteiger partial charge in [0.25, 0.3) is 0 Å². The molecule has 3 nitrogen and oxygen atoms in total. The van der Waals surface area contributed by atoms with E-state index in [-0.39, 0.29) is 24.5 Å². The molecule has 0 saturated heterocycles. The van der Waals surface area contributed by atoms with Gasteiger partial charge >= 0.3 is 0 Å². The fourth-order valence-corrected chi connectivity index (χ4v) is 1.85. The second-order valence-electron chi connectivity index (χ2n) is 4.08. The fraction of sp³-hybridized carbons (Fsp3) is 0.357. The zero-order valence-electron chi connectivity index (χ0n) is 10.5. The van der Waals surface area contributed by atoms with Crippen molar-refractivity contribution >= 4 is 21.8 Å². The average Bonchev–Trinajstić information content (AvgIpc) is 2.36. The lowest BCUT2D eigenvalue weighted by atomic mass is 10.1. The third kappa shape index (κ3) is 4.52. The molecule has 0 fully saturated rings. The van der Waals surface area contributed by atoms with E-state index in [0.29, 0.717) is 0 Å². The van der Waals surface area contributed by atoms with E-state index < -0.39 is 0 Å². The van der Waals surface area contributed by atoms with Crippen molar-refractivity contribution in [3.63, 3.8) is 0 Å². The number of hydrogen-bond donors (Lipinski definition) is 2. The minimum Gasteiger partial charge on any atom is -0.344 e. The van der Waals surface area contributed by atoms with Gasteiger partial charge in [0.05, 0.1) is 12.6 Å². The Morgan fingerprint density at radius 2 is 2.00 bits per heavy atom. The Balaban J connectivity index is 2.54. The molecule has 4 heteroatoms. The molecule has 1 amide bonds. The van der Waals surface area contributed by atoms with Crippen molar-refractivity contribution in [3.8, 4) is 12.3 Å². The summed E-state index contributed by atoms with van der Waals surface area (Å²) in [5.41, 5.74) is 1.13. The normalized spacial score (nSPS) is 13.4. The minimum atomic E-state index is -0.281. The van der Waals surface area contributed by atoms with Crippen molar-refractivity contribution < 1.29 is 4.79 Å². The van der Waals surface area contributed by atoms with E-state index in [1.807, 2.05) is 38.1 Å². The summed E-state index contributed by atoms with van der Waals surface area (Å²) in [5, 5.41) is 5.88. The van der Waals surface area contributed by atoms with Gasteiger partial charge in [0.15, 0.2) is 0 Å². The Hall–Kier alpha value is -1.31. The Bertz CT molecular complexity index is 436. The minimum absolute atomic E-state index is 0.0862. The first kappa shape index (κ1) is 14.7. The van der Waals surface area contributed by atoms with Crippen LogP contribution in [0.2, 0.25) is 0 Å². The number of halogens is 1. The van der Waals surface area contributed by atoms with Crippen molar-refractivity contribution in [1.29, 1.82) is 0 Å². The molecule has 2 N–H and O–H groups in total. The van der Waals surface area contributed by atoms with Gasteiger partial charge in [-0.05, 0) is 31.5 Å². The largest absolute Gasteiger partial charge is 0.344 e. The number of rotatable bonds is 5. The first-order valence-electron chi connectivity index (χ1n) is 5.77. The third-order valence-electron chi connectivity index (χ3n) is 2.63. The van der Waals surface area contributed by atoms with Gasteiger partial charge < -0.3 is 5.32 Å². The highest BCUT2D eigenvalue weighted by Crippen LogP contribution is 2.16. The van der Waals surface area contributed by atoms with Crippen LogP contribution in [0, 0.1) is 12.3 Å². The first-order valence-corrected chi connectivity index (χ1v) is 6.56. The monoisotopic (exact) mass is 308 g/mol. The van der Waals surface area contributed by atoms with Crippen LogP contribution in [0.5, 0.6) is 0 Å². The van der Waals surface area contributed by atoms with Crippen molar-refractivity contribution in [2.75, 3.05) is 6.54 Å². The van der Waals surface area contributed by atoms with E-state index in [2.05, 4.69) is 32.5 Å². The van der Waals surface area contributed by atoms with E-state index in [9.17, 15) is 4.79 Å². The maximum atomic E-state index is 11.6. The molecule has 0 heterocycles. The molecular formula is C14H17BrN2O. The van der Waals surface area contributed by atoms with Crippen LogP contribution < -0.4 is 10.6 Å². The van der Waals surface area contributed by atoms with Gasteiger partial charge in [-0.3, -0.25) is 10.1 Å². The Morgan fingerprint density at radius 3 is 2.56 bits per heavy atom. The average molecular weight is 309 g/mol. The Kier molecular flexibility index (Phi) is 5.90. The molecule has 1 aromatic carbocycles. The highest BCUT2D eigenvalue weighted by Gasteiger charge is 2.15. The second-order valence-corrected chi connectivity index (χ2v) is 5.00. The Labute approximate surface area is 116 Å². The predicted molar refractivity (Wildman–Crippen MR) is 77.0 cm³/mol. The maximum absolute atomic E-state index is 11.6. The molecule has 1 aromatic rings. The molecule has 1 rings (SSSR count). The van der Waals surface area contributed by atoms with E-state index >= 15 is 0 Å². The molecule has 0 aromatic heterocycles. The standard InChI is InChI=1S/C14H17BrN2O/c1-4-9-16-14(18)11(3)17-10(2)12-5-7-13(15)8-6-12/h1,5-8,10-11,17H,9H2,2-3H3,(H,16,18)/t10-,11?/m0/s1. The highest BCUT2D eigenvalue weighted by molar-refractivity contribution is 9.10. The van der Waals surface area contributed by atoms with Gasteiger partial charge in [-0.25, -0.2) is 0 Å². The maximum Gasteiger partial charge on any atom is 0.237 e. The number of benzene rings is 1. The molecule has 0 radical (unpaired) electrons. The van der Waals surface area contributed by atoms with Crippen molar-refractivity contribution in [2.24, 2.45) is 0 Å². The smallest absolute Gasteiger partial charge is 0.237 e. The number of terminal acetylenes is 1.